The number of rotatable bonds is 10. The number of aliphatic imine (C=N–C) groups is 1. The van der Waals surface area contributed by atoms with Crippen molar-refractivity contribution in [2.45, 2.75) is 59.5 Å². The average molecular weight is 377 g/mol. The Hall–Kier alpha value is -2.24. The number of nitrogens with zero attached hydrogens (tertiary/aromatic N) is 1. The minimum absolute atomic E-state index is 0.0531. The number of carbonyl (C=O) groups is 1. The molecule has 1 aromatic rings. The minimum atomic E-state index is 0.0531. The van der Waals surface area contributed by atoms with E-state index in [0.29, 0.717) is 31.4 Å². The Morgan fingerprint density at radius 3 is 2.33 bits per heavy atom. The number of amides is 1. The molecule has 0 radical (unpaired) electrons. The number of guanidine groups is 1. The monoisotopic (exact) mass is 376 g/mol. The van der Waals surface area contributed by atoms with Crippen LogP contribution in [-0.2, 0) is 4.79 Å². The Morgan fingerprint density at radius 1 is 1.11 bits per heavy atom. The predicted octanol–water partition coefficient (Wildman–Crippen LogP) is 3.25. The van der Waals surface area contributed by atoms with E-state index < -0.39 is 0 Å². The summed E-state index contributed by atoms with van der Waals surface area (Å²) in [4.78, 5) is 16.1. The minimum Gasteiger partial charge on any atom is -0.493 e. The second-order valence-corrected chi connectivity index (χ2v) is 7.27. The molecule has 0 saturated heterocycles. The smallest absolute Gasteiger partial charge is 0.221 e. The Bertz CT molecular complexity index is 584. The standard InChI is InChI=1S/C21H36N4O2/c1-7-16(4)24-20(26)12-13-23-21(22-6)25-17(5)18-8-10-19(11-9-18)27-14-15(2)3/h8-11,15-17H,7,12-14H2,1-6H3,(H,24,26)(H2,22,23,25). The summed E-state index contributed by atoms with van der Waals surface area (Å²) in [6.45, 7) is 11.7. The van der Waals surface area contributed by atoms with Crippen LogP contribution in [0.2, 0.25) is 0 Å². The highest BCUT2D eigenvalue weighted by Gasteiger charge is 2.09. The first-order valence-corrected chi connectivity index (χ1v) is 9.85. The molecular weight excluding hydrogens is 340 g/mol. The van der Waals surface area contributed by atoms with Crippen molar-refractivity contribution < 1.29 is 9.53 Å². The third kappa shape index (κ3) is 9.31. The van der Waals surface area contributed by atoms with Gasteiger partial charge in [0.05, 0.1) is 12.6 Å². The van der Waals surface area contributed by atoms with Crippen molar-refractivity contribution in [1.29, 1.82) is 0 Å². The highest BCUT2D eigenvalue weighted by Crippen LogP contribution is 2.18. The molecule has 0 bridgehead atoms. The molecule has 3 N–H and O–H groups in total. The summed E-state index contributed by atoms with van der Waals surface area (Å²) in [6.07, 6.45) is 1.35. The SMILES string of the molecule is CCC(C)NC(=O)CCNC(=NC)NC(C)c1ccc(OCC(C)C)cc1. The Kier molecular flexibility index (Phi) is 10.3. The Balaban J connectivity index is 2.44. The van der Waals surface area contributed by atoms with Gasteiger partial charge in [-0.2, -0.15) is 0 Å². The van der Waals surface area contributed by atoms with Gasteiger partial charge in [-0.3, -0.25) is 9.79 Å². The van der Waals surface area contributed by atoms with Gasteiger partial charge >= 0.3 is 0 Å². The lowest BCUT2D eigenvalue weighted by molar-refractivity contribution is -0.121. The second kappa shape index (κ2) is 12.2. The molecule has 1 amide bonds. The van der Waals surface area contributed by atoms with E-state index >= 15 is 0 Å². The normalized spacial score (nSPS) is 13.8. The topological polar surface area (TPSA) is 74.8 Å². The summed E-state index contributed by atoms with van der Waals surface area (Å²) < 4.78 is 5.72. The quantitative estimate of drug-likeness (QED) is 0.433. The molecule has 0 heterocycles. The molecule has 2 unspecified atom stereocenters. The number of hydrogen-bond acceptors (Lipinski definition) is 3. The second-order valence-electron chi connectivity index (χ2n) is 7.27. The van der Waals surface area contributed by atoms with Crippen LogP contribution in [-0.4, -0.2) is 38.1 Å². The van der Waals surface area contributed by atoms with Crippen molar-refractivity contribution in [2.24, 2.45) is 10.9 Å². The van der Waals surface area contributed by atoms with Gasteiger partial charge in [-0.05, 0) is 43.9 Å². The largest absolute Gasteiger partial charge is 0.493 e. The van der Waals surface area contributed by atoms with E-state index in [0.717, 1.165) is 17.7 Å². The van der Waals surface area contributed by atoms with Gasteiger partial charge < -0.3 is 20.7 Å². The Labute approximate surface area is 164 Å². The van der Waals surface area contributed by atoms with Crippen LogP contribution >= 0.6 is 0 Å². The maximum atomic E-state index is 11.8. The van der Waals surface area contributed by atoms with Crippen molar-refractivity contribution in [3.63, 3.8) is 0 Å². The first-order valence-electron chi connectivity index (χ1n) is 9.85. The zero-order valence-corrected chi connectivity index (χ0v) is 17.6. The molecule has 0 fully saturated rings. The molecule has 1 aromatic carbocycles. The van der Waals surface area contributed by atoms with E-state index in [4.69, 9.17) is 4.74 Å². The number of hydrogen-bond donors (Lipinski definition) is 3. The lowest BCUT2D eigenvalue weighted by atomic mass is 10.1. The predicted molar refractivity (Wildman–Crippen MR) is 112 cm³/mol. The fraction of sp³-hybridized carbons (Fsp3) is 0.619. The third-order valence-corrected chi connectivity index (χ3v) is 4.20. The molecule has 6 nitrogen and oxygen atoms in total. The first kappa shape index (κ1) is 22.8. The summed E-state index contributed by atoms with van der Waals surface area (Å²) in [6, 6.07) is 8.39. The summed E-state index contributed by atoms with van der Waals surface area (Å²) in [7, 11) is 1.73. The molecule has 0 spiro atoms. The molecule has 0 aliphatic heterocycles. The molecule has 152 valence electrons. The van der Waals surface area contributed by atoms with Crippen molar-refractivity contribution >= 4 is 11.9 Å². The maximum Gasteiger partial charge on any atom is 0.221 e. The zero-order chi connectivity index (χ0) is 20.2. The summed E-state index contributed by atoms with van der Waals surface area (Å²) in [5.41, 5.74) is 1.14. The van der Waals surface area contributed by atoms with E-state index in [1.807, 2.05) is 19.1 Å². The lowest BCUT2D eigenvalue weighted by Gasteiger charge is -2.19. The molecule has 0 saturated carbocycles. The molecule has 2 atom stereocenters. The van der Waals surface area contributed by atoms with E-state index in [9.17, 15) is 4.79 Å². The number of nitrogens with one attached hydrogen (secondary N) is 3. The van der Waals surface area contributed by atoms with Crippen molar-refractivity contribution in [3.05, 3.63) is 29.8 Å². The fourth-order valence-electron chi connectivity index (χ4n) is 2.34. The first-order chi connectivity index (χ1) is 12.8. The van der Waals surface area contributed by atoms with E-state index in [1.165, 1.54) is 0 Å². The van der Waals surface area contributed by atoms with Crippen LogP contribution in [0.3, 0.4) is 0 Å². The van der Waals surface area contributed by atoms with Crippen LogP contribution in [0, 0.1) is 5.92 Å². The van der Waals surface area contributed by atoms with Gasteiger partial charge in [0.25, 0.3) is 0 Å². The maximum absolute atomic E-state index is 11.8. The van der Waals surface area contributed by atoms with Gasteiger partial charge in [0.2, 0.25) is 5.91 Å². The van der Waals surface area contributed by atoms with Gasteiger partial charge in [-0.15, -0.1) is 0 Å². The van der Waals surface area contributed by atoms with E-state index in [2.05, 4.69) is 60.8 Å². The molecule has 6 heteroatoms. The lowest BCUT2D eigenvalue weighted by Crippen LogP contribution is -2.41. The van der Waals surface area contributed by atoms with Crippen molar-refractivity contribution in [3.8, 4) is 5.75 Å². The fourth-order valence-corrected chi connectivity index (χ4v) is 2.34. The molecular formula is C21H36N4O2. The van der Waals surface area contributed by atoms with Crippen LogP contribution in [0.5, 0.6) is 5.75 Å². The number of carbonyl (C=O) groups excluding carboxylic acids is 1. The molecule has 27 heavy (non-hydrogen) atoms. The van der Waals surface area contributed by atoms with Crippen LogP contribution in [0.15, 0.2) is 29.3 Å². The number of benzene rings is 1. The van der Waals surface area contributed by atoms with Crippen molar-refractivity contribution in [1.82, 2.24) is 16.0 Å². The Morgan fingerprint density at radius 2 is 1.78 bits per heavy atom. The third-order valence-electron chi connectivity index (χ3n) is 4.20. The molecule has 0 aliphatic carbocycles. The summed E-state index contributed by atoms with van der Waals surface area (Å²) in [5.74, 6) is 2.12. The van der Waals surface area contributed by atoms with Gasteiger partial charge in [-0.1, -0.05) is 32.9 Å². The molecule has 0 aromatic heterocycles. The van der Waals surface area contributed by atoms with E-state index in [-0.39, 0.29) is 18.0 Å². The zero-order valence-electron chi connectivity index (χ0n) is 17.6. The highest BCUT2D eigenvalue weighted by molar-refractivity contribution is 5.81. The van der Waals surface area contributed by atoms with Crippen LogP contribution in [0.4, 0.5) is 0 Å². The van der Waals surface area contributed by atoms with Crippen LogP contribution in [0.25, 0.3) is 0 Å². The summed E-state index contributed by atoms with van der Waals surface area (Å²) >= 11 is 0. The number of ether oxygens (including phenoxy) is 1. The molecule has 1 rings (SSSR count). The van der Waals surface area contributed by atoms with Gasteiger partial charge in [0.1, 0.15) is 5.75 Å². The van der Waals surface area contributed by atoms with Crippen molar-refractivity contribution in [2.75, 3.05) is 20.2 Å². The average Bonchev–Trinajstić information content (AvgIpc) is 2.65. The summed E-state index contributed by atoms with van der Waals surface area (Å²) in [5, 5.41) is 9.49. The van der Waals surface area contributed by atoms with Crippen LogP contribution < -0.4 is 20.7 Å². The molecule has 0 aliphatic rings. The van der Waals surface area contributed by atoms with Gasteiger partial charge in [0.15, 0.2) is 5.96 Å². The highest BCUT2D eigenvalue weighted by atomic mass is 16.5. The van der Waals surface area contributed by atoms with Gasteiger partial charge in [-0.25, -0.2) is 0 Å². The van der Waals surface area contributed by atoms with Gasteiger partial charge in [0, 0.05) is 26.1 Å². The van der Waals surface area contributed by atoms with E-state index in [1.54, 1.807) is 7.05 Å². The van der Waals surface area contributed by atoms with Crippen LogP contribution in [0.1, 0.15) is 59.1 Å².